The number of hydrogen-bond acceptors (Lipinski definition) is 2. The van der Waals surface area contributed by atoms with Crippen molar-refractivity contribution in [2.24, 2.45) is 5.92 Å². The first-order valence-electron chi connectivity index (χ1n) is 8.60. The molecule has 2 aromatic carbocycles. The van der Waals surface area contributed by atoms with Gasteiger partial charge < -0.3 is 10.1 Å². The standard InChI is InChI=1S/C22H27NO/c1-18(2)16-21(13-12-19-8-5-4-6-9-19)23-15-14-20-10-7-11-22(17-20)24-3/h4-11,17-18,21,23H,14-16H2,1-3H3. The van der Waals surface area contributed by atoms with Crippen molar-refractivity contribution in [3.8, 4) is 17.6 Å². The maximum atomic E-state index is 5.28. The molecule has 0 aromatic heterocycles. The molecule has 24 heavy (non-hydrogen) atoms. The summed E-state index contributed by atoms with van der Waals surface area (Å²) < 4.78 is 5.28. The maximum Gasteiger partial charge on any atom is 0.119 e. The van der Waals surface area contributed by atoms with Gasteiger partial charge in [-0.3, -0.25) is 0 Å². The molecule has 0 spiro atoms. The normalized spacial score (nSPS) is 11.7. The Morgan fingerprint density at radius 2 is 1.83 bits per heavy atom. The van der Waals surface area contributed by atoms with Gasteiger partial charge in [0, 0.05) is 12.1 Å². The highest BCUT2D eigenvalue weighted by Crippen LogP contribution is 2.13. The van der Waals surface area contributed by atoms with Gasteiger partial charge in [0.2, 0.25) is 0 Å². The second-order valence-corrected chi connectivity index (χ2v) is 6.37. The first kappa shape index (κ1) is 18.1. The van der Waals surface area contributed by atoms with Gasteiger partial charge in [0.05, 0.1) is 13.2 Å². The molecule has 0 aliphatic heterocycles. The van der Waals surface area contributed by atoms with Crippen molar-refractivity contribution < 1.29 is 4.74 Å². The van der Waals surface area contributed by atoms with Crippen LogP contribution in [0.4, 0.5) is 0 Å². The van der Waals surface area contributed by atoms with Crippen molar-refractivity contribution in [2.75, 3.05) is 13.7 Å². The van der Waals surface area contributed by atoms with E-state index in [9.17, 15) is 0 Å². The largest absolute Gasteiger partial charge is 0.497 e. The smallest absolute Gasteiger partial charge is 0.119 e. The monoisotopic (exact) mass is 321 g/mol. The van der Waals surface area contributed by atoms with Crippen LogP contribution in [0.3, 0.4) is 0 Å². The second-order valence-electron chi connectivity index (χ2n) is 6.37. The summed E-state index contributed by atoms with van der Waals surface area (Å²) in [7, 11) is 1.70. The quantitative estimate of drug-likeness (QED) is 0.768. The lowest BCUT2D eigenvalue weighted by Crippen LogP contribution is -2.31. The third-order valence-electron chi connectivity index (χ3n) is 3.81. The van der Waals surface area contributed by atoms with Gasteiger partial charge in [-0.15, -0.1) is 0 Å². The van der Waals surface area contributed by atoms with Crippen LogP contribution in [0, 0.1) is 17.8 Å². The van der Waals surface area contributed by atoms with Crippen LogP contribution in [0.15, 0.2) is 54.6 Å². The molecular weight excluding hydrogens is 294 g/mol. The van der Waals surface area contributed by atoms with E-state index in [-0.39, 0.29) is 6.04 Å². The zero-order valence-corrected chi connectivity index (χ0v) is 14.9. The minimum atomic E-state index is 0.218. The van der Waals surface area contributed by atoms with E-state index in [0.717, 1.165) is 30.7 Å². The Bertz CT molecular complexity index is 667. The van der Waals surface area contributed by atoms with Crippen LogP contribution < -0.4 is 10.1 Å². The van der Waals surface area contributed by atoms with Gasteiger partial charge in [-0.1, -0.05) is 56.0 Å². The van der Waals surface area contributed by atoms with E-state index in [2.05, 4.69) is 55.3 Å². The van der Waals surface area contributed by atoms with Crippen LogP contribution in [0.2, 0.25) is 0 Å². The topological polar surface area (TPSA) is 21.3 Å². The average molecular weight is 321 g/mol. The summed E-state index contributed by atoms with van der Waals surface area (Å²) in [5.74, 6) is 8.20. The molecule has 0 amide bonds. The molecule has 0 aliphatic rings. The van der Waals surface area contributed by atoms with Gasteiger partial charge in [0.25, 0.3) is 0 Å². The van der Waals surface area contributed by atoms with E-state index >= 15 is 0 Å². The van der Waals surface area contributed by atoms with Gasteiger partial charge in [-0.25, -0.2) is 0 Å². The Hall–Kier alpha value is -2.24. The number of hydrogen-bond donors (Lipinski definition) is 1. The Morgan fingerprint density at radius 3 is 2.54 bits per heavy atom. The Balaban J connectivity index is 1.92. The first-order valence-corrected chi connectivity index (χ1v) is 8.60. The number of methoxy groups -OCH3 is 1. The predicted molar refractivity (Wildman–Crippen MR) is 101 cm³/mol. The first-order chi connectivity index (χ1) is 11.7. The summed E-state index contributed by atoms with van der Waals surface area (Å²) in [6, 6.07) is 18.6. The van der Waals surface area contributed by atoms with Gasteiger partial charge in [0.15, 0.2) is 0 Å². The summed E-state index contributed by atoms with van der Waals surface area (Å²) >= 11 is 0. The van der Waals surface area contributed by atoms with Crippen LogP contribution in [0.25, 0.3) is 0 Å². The molecule has 1 N–H and O–H groups in total. The van der Waals surface area contributed by atoms with Crippen molar-refractivity contribution in [1.29, 1.82) is 0 Å². The molecule has 2 aromatic rings. The Labute approximate surface area is 146 Å². The van der Waals surface area contributed by atoms with Gasteiger partial charge in [0.1, 0.15) is 5.75 Å². The molecule has 2 rings (SSSR count). The van der Waals surface area contributed by atoms with E-state index in [0.29, 0.717) is 5.92 Å². The number of benzene rings is 2. The molecule has 1 atom stereocenters. The predicted octanol–water partition coefficient (Wildman–Crippen LogP) is 4.29. The minimum Gasteiger partial charge on any atom is -0.497 e. The fourth-order valence-electron chi connectivity index (χ4n) is 2.58. The third kappa shape index (κ3) is 6.48. The molecule has 0 fully saturated rings. The average Bonchev–Trinajstić information content (AvgIpc) is 2.60. The van der Waals surface area contributed by atoms with Gasteiger partial charge >= 0.3 is 0 Å². The van der Waals surface area contributed by atoms with E-state index in [1.165, 1.54) is 5.56 Å². The van der Waals surface area contributed by atoms with Crippen LogP contribution in [0.5, 0.6) is 5.75 Å². The van der Waals surface area contributed by atoms with Crippen molar-refractivity contribution in [1.82, 2.24) is 5.32 Å². The minimum absolute atomic E-state index is 0.218. The van der Waals surface area contributed by atoms with E-state index in [1.54, 1.807) is 7.11 Å². The van der Waals surface area contributed by atoms with Crippen molar-refractivity contribution in [3.05, 3.63) is 65.7 Å². The van der Waals surface area contributed by atoms with E-state index in [1.807, 2.05) is 30.3 Å². The van der Waals surface area contributed by atoms with Crippen LogP contribution in [-0.2, 0) is 6.42 Å². The van der Waals surface area contributed by atoms with Crippen molar-refractivity contribution in [2.45, 2.75) is 32.7 Å². The summed E-state index contributed by atoms with van der Waals surface area (Å²) in [6.45, 7) is 5.38. The van der Waals surface area contributed by atoms with Gasteiger partial charge in [-0.05, 0) is 48.6 Å². The summed E-state index contributed by atoms with van der Waals surface area (Å²) in [4.78, 5) is 0. The molecule has 1 unspecified atom stereocenters. The lowest BCUT2D eigenvalue weighted by atomic mass is 10.0. The number of rotatable bonds is 7. The zero-order chi connectivity index (χ0) is 17.2. The van der Waals surface area contributed by atoms with Crippen molar-refractivity contribution in [3.63, 3.8) is 0 Å². The highest BCUT2D eigenvalue weighted by Gasteiger charge is 2.07. The fraction of sp³-hybridized carbons (Fsp3) is 0.364. The van der Waals surface area contributed by atoms with Crippen LogP contribution in [-0.4, -0.2) is 19.7 Å². The lowest BCUT2D eigenvalue weighted by Gasteiger charge is -2.15. The summed E-state index contributed by atoms with van der Waals surface area (Å²) in [6.07, 6.45) is 2.02. The number of nitrogens with one attached hydrogen (secondary N) is 1. The molecular formula is C22H27NO. The van der Waals surface area contributed by atoms with Gasteiger partial charge in [-0.2, -0.15) is 0 Å². The molecule has 0 bridgehead atoms. The van der Waals surface area contributed by atoms with E-state index in [4.69, 9.17) is 4.74 Å². The summed E-state index contributed by atoms with van der Waals surface area (Å²) in [5.41, 5.74) is 2.35. The van der Waals surface area contributed by atoms with Crippen LogP contribution >= 0.6 is 0 Å². The molecule has 0 radical (unpaired) electrons. The molecule has 0 saturated carbocycles. The molecule has 0 saturated heterocycles. The number of ether oxygens (including phenoxy) is 1. The van der Waals surface area contributed by atoms with Crippen molar-refractivity contribution >= 4 is 0 Å². The highest BCUT2D eigenvalue weighted by atomic mass is 16.5. The zero-order valence-electron chi connectivity index (χ0n) is 14.9. The molecule has 2 nitrogen and oxygen atoms in total. The third-order valence-corrected chi connectivity index (χ3v) is 3.81. The maximum absolute atomic E-state index is 5.28. The molecule has 0 aliphatic carbocycles. The Kier molecular flexibility index (Phi) is 7.39. The van der Waals surface area contributed by atoms with E-state index < -0.39 is 0 Å². The molecule has 126 valence electrons. The second kappa shape index (κ2) is 9.80. The molecule has 0 heterocycles. The Morgan fingerprint density at radius 1 is 1.04 bits per heavy atom. The summed E-state index contributed by atoms with van der Waals surface area (Å²) in [5, 5.41) is 3.59. The lowest BCUT2D eigenvalue weighted by molar-refractivity contribution is 0.414. The van der Waals surface area contributed by atoms with Crippen LogP contribution in [0.1, 0.15) is 31.4 Å². The SMILES string of the molecule is COc1cccc(CCNC(C#Cc2ccccc2)CC(C)C)c1. The highest BCUT2D eigenvalue weighted by molar-refractivity contribution is 5.35. The fourth-order valence-corrected chi connectivity index (χ4v) is 2.58. The molecule has 2 heteroatoms.